The summed E-state index contributed by atoms with van der Waals surface area (Å²) in [7, 11) is 0. The molecule has 0 saturated heterocycles. The molecule has 3 aliphatic carbocycles. The zero-order valence-corrected chi connectivity index (χ0v) is 10.8. The molecule has 4 heteroatoms. The highest BCUT2D eigenvalue weighted by Gasteiger charge is 2.65. The Morgan fingerprint density at radius 1 is 1.21 bits per heavy atom. The third kappa shape index (κ3) is 1.55. The summed E-state index contributed by atoms with van der Waals surface area (Å²) in [5, 5.41) is 3.58. The van der Waals surface area contributed by atoms with Crippen LogP contribution in [0.5, 0.6) is 0 Å². The van der Waals surface area contributed by atoms with Crippen LogP contribution in [0.3, 0.4) is 0 Å². The Bertz CT molecular complexity index is 540. The number of anilines is 2. The number of carbonyl (C=O) groups is 1. The van der Waals surface area contributed by atoms with E-state index in [0.717, 1.165) is 29.4 Å². The fourth-order valence-electron chi connectivity index (χ4n) is 4.55. The van der Waals surface area contributed by atoms with E-state index in [-0.39, 0.29) is 0 Å². The Labute approximate surface area is 112 Å². The van der Waals surface area contributed by atoms with Gasteiger partial charge in [0.2, 0.25) is 5.91 Å². The molecule has 5 N–H and O–H groups in total. The van der Waals surface area contributed by atoms with Crippen molar-refractivity contribution in [3.8, 4) is 0 Å². The first-order valence-electron chi connectivity index (χ1n) is 7.11. The predicted molar refractivity (Wildman–Crippen MR) is 74.6 cm³/mol. The molecule has 1 aromatic rings. The lowest BCUT2D eigenvalue weighted by Crippen LogP contribution is -2.15. The van der Waals surface area contributed by atoms with E-state index in [1.165, 1.54) is 19.3 Å². The fraction of sp³-hybridized carbons (Fsp3) is 0.533. The first kappa shape index (κ1) is 11.1. The molecule has 0 spiro atoms. The number of benzene rings is 1. The lowest BCUT2D eigenvalue weighted by atomic mass is 10.0. The van der Waals surface area contributed by atoms with Gasteiger partial charge in [0.1, 0.15) is 0 Å². The second-order valence-electron chi connectivity index (χ2n) is 6.32. The number of rotatable bonds is 3. The van der Waals surface area contributed by atoms with Crippen molar-refractivity contribution < 1.29 is 4.79 Å². The Morgan fingerprint density at radius 2 is 1.89 bits per heavy atom. The SMILES string of the molecule is NC(=O)c1ccc(NC2C3C4CCC(C4)C23)c(N)c1. The van der Waals surface area contributed by atoms with Crippen LogP contribution in [-0.2, 0) is 0 Å². The van der Waals surface area contributed by atoms with E-state index in [1.54, 1.807) is 12.1 Å². The smallest absolute Gasteiger partial charge is 0.248 e. The molecule has 2 bridgehead atoms. The van der Waals surface area contributed by atoms with Gasteiger partial charge in [-0.2, -0.15) is 0 Å². The van der Waals surface area contributed by atoms with Crippen molar-refractivity contribution in [3.63, 3.8) is 0 Å². The van der Waals surface area contributed by atoms with Crippen molar-refractivity contribution in [1.82, 2.24) is 0 Å². The molecule has 0 aliphatic heterocycles. The van der Waals surface area contributed by atoms with Crippen LogP contribution < -0.4 is 16.8 Å². The number of amides is 1. The quantitative estimate of drug-likeness (QED) is 0.722. The van der Waals surface area contributed by atoms with Gasteiger partial charge in [-0.05, 0) is 61.1 Å². The molecule has 100 valence electrons. The van der Waals surface area contributed by atoms with Crippen LogP contribution >= 0.6 is 0 Å². The maximum Gasteiger partial charge on any atom is 0.248 e. The van der Waals surface area contributed by atoms with Crippen molar-refractivity contribution in [3.05, 3.63) is 23.8 Å². The van der Waals surface area contributed by atoms with Gasteiger partial charge in [0.25, 0.3) is 0 Å². The molecular weight excluding hydrogens is 238 g/mol. The van der Waals surface area contributed by atoms with Crippen LogP contribution in [0, 0.1) is 23.7 Å². The second kappa shape index (κ2) is 3.65. The Hall–Kier alpha value is -1.71. The van der Waals surface area contributed by atoms with Gasteiger partial charge in [-0.15, -0.1) is 0 Å². The van der Waals surface area contributed by atoms with Crippen molar-refractivity contribution in [2.24, 2.45) is 29.4 Å². The van der Waals surface area contributed by atoms with Crippen molar-refractivity contribution in [2.75, 3.05) is 11.1 Å². The average molecular weight is 257 g/mol. The van der Waals surface area contributed by atoms with Crippen molar-refractivity contribution >= 4 is 17.3 Å². The van der Waals surface area contributed by atoms with Gasteiger partial charge in [-0.3, -0.25) is 4.79 Å². The molecule has 1 amide bonds. The van der Waals surface area contributed by atoms with Gasteiger partial charge in [0.15, 0.2) is 0 Å². The highest BCUT2D eigenvalue weighted by molar-refractivity contribution is 5.94. The molecule has 0 radical (unpaired) electrons. The number of hydrogen-bond acceptors (Lipinski definition) is 3. The molecule has 0 aromatic heterocycles. The minimum absolute atomic E-state index is 0.431. The van der Waals surface area contributed by atoms with E-state index in [2.05, 4.69) is 5.32 Å². The lowest BCUT2D eigenvalue weighted by Gasteiger charge is -2.14. The van der Waals surface area contributed by atoms with Crippen LogP contribution in [-0.4, -0.2) is 11.9 Å². The predicted octanol–water partition coefficient (Wildman–Crippen LogP) is 1.82. The number of primary amides is 1. The van der Waals surface area contributed by atoms with Gasteiger partial charge in [0, 0.05) is 11.6 Å². The summed E-state index contributed by atoms with van der Waals surface area (Å²) in [5.41, 5.74) is 13.3. The Kier molecular flexibility index (Phi) is 2.14. The molecule has 4 nitrogen and oxygen atoms in total. The van der Waals surface area contributed by atoms with Gasteiger partial charge < -0.3 is 16.8 Å². The van der Waals surface area contributed by atoms with Crippen molar-refractivity contribution in [1.29, 1.82) is 0 Å². The Morgan fingerprint density at radius 3 is 2.47 bits per heavy atom. The number of nitrogens with one attached hydrogen (secondary N) is 1. The highest BCUT2D eigenvalue weighted by Crippen LogP contribution is 2.66. The summed E-state index contributed by atoms with van der Waals surface area (Å²) < 4.78 is 0. The van der Waals surface area contributed by atoms with E-state index in [0.29, 0.717) is 17.3 Å². The number of carbonyl (C=O) groups excluding carboxylic acids is 1. The molecule has 3 saturated carbocycles. The van der Waals surface area contributed by atoms with Crippen LogP contribution in [0.4, 0.5) is 11.4 Å². The van der Waals surface area contributed by atoms with E-state index in [1.807, 2.05) is 6.07 Å². The molecule has 19 heavy (non-hydrogen) atoms. The fourth-order valence-corrected chi connectivity index (χ4v) is 4.55. The standard InChI is InChI=1S/C15H19N3O/c16-10-6-9(15(17)19)3-4-11(10)18-14-12-7-1-2-8(5-7)13(12)14/h3-4,6-8,12-14,18H,1-2,5,16H2,(H2,17,19). The first-order valence-corrected chi connectivity index (χ1v) is 7.11. The number of nitrogens with two attached hydrogens (primary N) is 2. The van der Waals surface area contributed by atoms with Gasteiger partial charge in [-0.1, -0.05) is 0 Å². The molecule has 3 aliphatic rings. The largest absolute Gasteiger partial charge is 0.397 e. The average Bonchev–Trinajstić information content (AvgIpc) is 2.79. The normalized spacial score (nSPS) is 38.0. The summed E-state index contributed by atoms with van der Waals surface area (Å²) in [6.07, 6.45) is 4.28. The van der Waals surface area contributed by atoms with Gasteiger partial charge in [-0.25, -0.2) is 0 Å². The summed E-state index contributed by atoms with van der Waals surface area (Å²) in [6, 6.07) is 5.89. The van der Waals surface area contributed by atoms with Gasteiger partial charge >= 0.3 is 0 Å². The van der Waals surface area contributed by atoms with E-state index < -0.39 is 5.91 Å². The first-order chi connectivity index (χ1) is 9.15. The lowest BCUT2D eigenvalue weighted by molar-refractivity contribution is 0.100. The zero-order chi connectivity index (χ0) is 13.1. The molecule has 3 fully saturated rings. The van der Waals surface area contributed by atoms with Gasteiger partial charge in [0.05, 0.1) is 11.4 Å². The minimum Gasteiger partial charge on any atom is -0.397 e. The highest BCUT2D eigenvalue weighted by atomic mass is 16.1. The minimum atomic E-state index is -0.431. The molecule has 4 atom stereocenters. The zero-order valence-electron chi connectivity index (χ0n) is 10.8. The third-order valence-electron chi connectivity index (χ3n) is 5.39. The Balaban J connectivity index is 1.51. The molecular formula is C15H19N3O. The van der Waals surface area contributed by atoms with Crippen LogP contribution in [0.25, 0.3) is 0 Å². The maximum atomic E-state index is 11.1. The monoisotopic (exact) mass is 257 g/mol. The van der Waals surface area contributed by atoms with Crippen LogP contribution in [0.2, 0.25) is 0 Å². The summed E-state index contributed by atoms with van der Waals surface area (Å²) in [5.74, 6) is 3.19. The van der Waals surface area contributed by atoms with Crippen molar-refractivity contribution in [2.45, 2.75) is 25.3 Å². The second-order valence-corrected chi connectivity index (χ2v) is 6.32. The topological polar surface area (TPSA) is 81.1 Å². The van der Waals surface area contributed by atoms with E-state index >= 15 is 0 Å². The summed E-state index contributed by atoms with van der Waals surface area (Å²) >= 11 is 0. The number of nitrogen functional groups attached to an aromatic ring is 1. The van der Waals surface area contributed by atoms with E-state index in [9.17, 15) is 4.79 Å². The molecule has 0 heterocycles. The number of hydrogen-bond donors (Lipinski definition) is 3. The van der Waals surface area contributed by atoms with Crippen LogP contribution in [0.1, 0.15) is 29.6 Å². The molecule has 4 unspecified atom stereocenters. The molecule has 4 rings (SSSR count). The number of fused-ring (bicyclic) bond motifs is 5. The van der Waals surface area contributed by atoms with E-state index in [4.69, 9.17) is 11.5 Å². The third-order valence-corrected chi connectivity index (χ3v) is 5.39. The summed E-state index contributed by atoms with van der Waals surface area (Å²) in [4.78, 5) is 11.1. The maximum absolute atomic E-state index is 11.1. The molecule has 1 aromatic carbocycles. The van der Waals surface area contributed by atoms with Crippen LogP contribution in [0.15, 0.2) is 18.2 Å². The summed E-state index contributed by atoms with van der Waals surface area (Å²) in [6.45, 7) is 0.